The van der Waals surface area contributed by atoms with Crippen molar-refractivity contribution in [1.29, 1.82) is 0 Å². The summed E-state index contributed by atoms with van der Waals surface area (Å²) in [5, 5.41) is 0.657. The number of nitrogens with zero attached hydrogens (tertiary/aromatic N) is 1. The van der Waals surface area contributed by atoms with Gasteiger partial charge in [0, 0.05) is 18.4 Å². The molecule has 0 amide bonds. The average molecular weight is 382 g/mol. The quantitative estimate of drug-likeness (QED) is 0.738. The first-order chi connectivity index (χ1) is 9.26. The number of benzene rings is 1. The number of halogens is 1. The van der Waals surface area contributed by atoms with E-state index in [0.717, 1.165) is 5.56 Å². The van der Waals surface area contributed by atoms with Crippen LogP contribution in [0.1, 0.15) is 12.0 Å². The van der Waals surface area contributed by atoms with Gasteiger partial charge in [-0.25, -0.2) is 16.8 Å². The zero-order chi connectivity index (χ0) is 15.0. The van der Waals surface area contributed by atoms with Crippen LogP contribution in [0.3, 0.4) is 0 Å². The minimum Gasteiger partial charge on any atom is -0.229 e. The summed E-state index contributed by atoms with van der Waals surface area (Å²) in [6, 6.07) is 6.10. The molecule has 1 aromatic rings. The fourth-order valence-electron chi connectivity index (χ4n) is 2.18. The molecule has 0 saturated carbocycles. The van der Waals surface area contributed by atoms with Gasteiger partial charge in [0.1, 0.15) is 0 Å². The van der Waals surface area contributed by atoms with E-state index in [1.54, 1.807) is 24.3 Å². The zero-order valence-corrected chi connectivity index (χ0v) is 14.2. The molecule has 0 aromatic heterocycles. The first-order valence-electron chi connectivity index (χ1n) is 6.09. The lowest BCUT2D eigenvalue weighted by molar-refractivity contribution is 0.394. The second-order valence-corrected chi connectivity index (χ2v) is 9.64. The molecule has 5 nitrogen and oxygen atoms in total. The zero-order valence-electron chi connectivity index (χ0n) is 11.0. The summed E-state index contributed by atoms with van der Waals surface area (Å²) in [5.74, 6) is -0.0394. The highest BCUT2D eigenvalue weighted by molar-refractivity contribution is 9.08. The molecular formula is C12H16BrNO4S2. The van der Waals surface area contributed by atoms with Gasteiger partial charge in [-0.2, -0.15) is 4.31 Å². The standard InChI is InChI=1S/C12H16BrNO4S2/c1-14(11-6-7-19(15,16)9-11)20(17,18)12-4-2-10(8-13)3-5-12/h2-5,11H,6-9H2,1H3. The maximum atomic E-state index is 12.4. The minimum atomic E-state index is -3.64. The fraction of sp³-hybridized carbons (Fsp3) is 0.500. The molecule has 1 unspecified atom stereocenters. The second kappa shape index (κ2) is 5.75. The van der Waals surface area contributed by atoms with Crippen molar-refractivity contribution in [3.8, 4) is 0 Å². The summed E-state index contributed by atoms with van der Waals surface area (Å²) in [5.41, 5.74) is 0.982. The highest BCUT2D eigenvalue weighted by Crippen LogP contribution is 2.23. The molecule has 20 heavy (non-hydrogen) atoms. The molecule has 1 fully saturated rings. The minimum absolute atomic E-state index is 0.0556. The highest BCUT2D eigenvalue weighted by Gasteiger charge is 2.36. The van der Waals surface area contributed by atoms with Crippen molar-refractivity contribution < 1.29 is 16.8 Å². The van der Waals surface area contributed by atoms with E-state index in [4.69, 9.17) is 0 Å². The van der Waals surface area contributed by atoms with Crippen LogP contribution in [0.5, 0.6) is 0 Å². The van der Waals surface area contributed by atoms with Crippen molar-refractivity contribution in [3.05, 3.63) is 29.8 Å². The van der Waals surface area contributed by atoms with Crippen LogP contribution in [0.2, 0.25) is 0 Å². The van der Waals surface area contributed by atoms with Crippen LogP contribution < -0.4 is 0 Å². The molecular weight excluding hydrogens is 366 g/mol. The van der Waals surface area contributed by atoms with Crippen molar-refractivity contribution in [3.63, 3.8) is 0 Å². The molecule has 0 aliphatic carbocycles. The summed E-state index contributed by atoms with van der Waals surface area (Å²) in [6.07, 6.45) is 0.359. The maximum absolute atomic E-state index is 12.4. The Morgan fingerprint density at radius 2 is 1.90 bits per heavy atom. The summed E-state index contributed by atoms with van der Waals surface area (Å²) in [4.78, 5) is 0.189. The van der Waals surface area contributed by atoms with Crippen LogP contribution in [0.25, 0.3) is 0 Å². The van der Waals surface area contributed by atoms with Crippen LogP contribution in [0, 0.1) is 0 Å². The molecule has 1 atom stereocenters. The Bertz CT molecular complexity index is 683. The SMILES string of the molecule is CN(C1CCS(=O)(=O)C1)S(=O)(=O)c1ccc(CBr)cc1. The predicted octanol–water partition coefficient (Wildman–Crippen LogP) is 1.39. The van der Waals surface area contributed by atoms with Gasteiger partial charge in [0.15, 0.2) is 9.84 Å². The fourth-order valence-corrected chi connectivity index (χ4v) is 5.80. The van der Waals surface area contributed by atoms with E-state index in [-0.39, 0.29) is 16.4 Å². The molecule has 1 aromatic carbocycles. The van der Waals surface area contributed by atoms with Crippen molar-refractivity contribution in [2.24, 2.45) is 0 Å². The van der Waals surface area contributed by atoms with Crippen LogP contribution in [-0.2, 0) is 25.2 Å². The van der Waals surface area contributed by atoms with Gasteiger partial charge in [0.05, 0.1) is 16.4 Å². The van der Waals surface area contributed by atoms with E-state index in [9.17, 15) is 16.8 Å². The third kappa shape index (κ3) is 3.24. The topological polar surface area (TPSA) is 71.5 Å². The molecule has 1 aliphatic heterocycles. The lowest BCUT2D eigenvalue weighted by atomic mass is 10.2. The van der Waals surface area contributed by atoms with Crippen molar-refractivity contribution in [2.45, 2.75) is 22.7 Å². The lowest BCUT2D eigenvalue weighted by Gasteiger charge is -2.22. The van der Waals surface area contributed by atoms with Crippen LogP contribution in [-0.4, -0.2) is 45.7 Å². The number of sulfonamides is 1. The molecule has 2 rings (SSSR count). The molecule has 0 N–H and O–H groups in total. The van der Waals surface area contributed by atoms with Gasteiger partial charge in [0.25, 0.3) is 0 Å². The molecule has 0 spiro atoms. The van der Waals surface area contributed by atoms with E-state index in [1.807, 2.05) is 0 Å². The Labute approximate surface area is 128 Å². The van der Waals surface area contributed by atoms with Gasteiger partial charge < -0.3 is 0 Å². The molecule has 1 aliphatic rings. The van der Waals surface area contributed by atoms with Crippen molar-refractivity contribution in [2.75, 3.05) is 18.6 Å². The Morgan fingerprint density at radius 1 is 1.30 bits per heavy atom. The van der Waals surface area contributed by atoms with Gasteiger partial charge in [-0.15, -0.1) is 0 Å². The first-order valence-corrected chi connectivity index (χ1v) is 10.5. The van der Waals surface area contributed by atoms with E-state index in [0.29, 0.717) is 11.8 Å². The first kappa shape index (κ1) is 15.9. The van der Waals surface area contributed by atoms with E-state index < -0.39 is 25.9 Å². The number of hydrogen-bond donors (Lipinski definition) is 0. The Morgan fingerprint density at radius 3 is 2.35 bits per heavy atom. The molecule has 0 bridgehead atoms. The van der Waals surface area contributed by atoms with E-state index in [1.165, 1.54) is 11.4 Å². The Kier molecular flexibility index (Phi) is 4.58. The summed E-state index contributed by atoms with van der Waals surface area (Å²) in [7, 11) is -5.31. The van der Waals surface area contributed by atoms with Crippen LogP contribution >= 0.6 is 15.9 Å². The smallest absolute Gasteiger partial charge is 0.229 e. The van der Waals surface area contributed by atoms with Crippen molar-refractivity contribution in [1.82, 2.24) is 4.31 Å². The molecule has 8 heteroatoms. The number of rotatable bonds is 4. The summed E-state index contributed by atoms with van der Waals surface area (Å²) in [6.45, 7) is 0. The monoisotopic (exact) mass is 381 g/mol. The number of alkyl halides is 1. The lowest BCUT2D eigenvalue weighted by Crippen LogP contribution is -2.37. The van der Waals surface area contributed by atoms with Gasteiger partial charge in [-0.1, -0.05) is 28.1 Å². The van der Waals surface area contributed by atoms with Crippen molar-refractivity contribution >= 4 is 35.8 Å². The Hall–Kier alpha value is -0.440. The van der Waals surface area contributed by atoms with Gasteiger partial charge in [-0.3, -0.25) is 0 Å². The normalized spacial score (nSPS) is 22.2. The van der Waals surface area contributed by atoms with Crippen LogP contribution in [0.15, 0.2) is 29.2 Å². The van der Waals surface area contributed by atoms with Crippen LogP contribution in [0.4, 0.5) is 0 Å². The predicted molar refractivity (Wildman–Crippen MR) is 81.1 cm³/mol. The summed E-state index contributed by atoms with van der Waals surface area (Å²) >= 11 is 3.30. The number of hydrogen-bond acceptors (Lipinski definition) is 4. The van der Waals surface area contributed by atoms with Gasteiger partial charge in [0.2, 0.25) is 10.0 Å². The molecule has 0 radical (unpaired) electrons. The van der Waals surface area contributed by atoms with Gasteiger partial charge >= 0.3 is 0 Å². The summed E-state index contributed by atoms with van der Waals surface area (Å²) < 4.78 is 49.0. The van der Waals surface area contributed by atoms with Gasteiger partial charge in [-0.05, 0) is 24.1 Å². The number of sulfone groups is 1. The highest BCUT2D eigenvalue weighted by atomic mass is 79.9. The van der Waals surface area contributed by atoms with E-state index >= 15 is 0 Å². The molecule has 112 valence electrons. The molecule has 1 heterocycles. The third-order valence-corrected chi connectivity index (χ3v) is 7.80. The Balaban J connectivity index is 2.25. The average Bonchev–Trinajstić information content (AvgIpc) is 2.78. The van der Waals surface area contributed by atoms with E-state index in [2.05, 4.69) is 15.9 Å². The third-order valence-electron chi connectivity index (χ3n) is 3.48. The largest absolute Gasteiger partial charge is 0.243 e. The maximum Gasteiger partial charge on any atom is 0.243 e. The second-order valence-electron chi connectivity index (χ2n) is 4.86. The molecule has 1 saturated heterocycles.